The fourth-order valence-electron chi connectivity index (χ4n) is 4.41. The second-order valence-electron chi connectivity index (χ2n) is 9.13. The van der Waals surface area contributed by atoms with Crippen molar-refractivity contribution in [3.8, 4) is 0 Å². The second-order valence-corrected chi connectivity index (χ2v) is 11.1. The van der Waals surface area contributed by atoms with Crippen LogP contribution in [-0.4, -0.2) is 44.5 Å². The first-order chi connectivity index (χ1) is 14.7. The number of aromatic nitrogens is 2. The molecule has 2 aliphatic rings. The highest BCUT2D eigenvalue weighted by Gasteiger charge is 2.43. The smallest absolute Gasteiger partial charge is 0.324 e. The summed E-state index contributed by atoms with van der Waals surface area (Å²) in [6.07, 6.45) is 4.39. The Kier molecular flexibility index (Phi) is 6.35. The van der Waals surface area contributed by atoms with Crippen molar-refractivity contribution < 1.29 is 22.1 Å². The Morgan fingerprint density at radius 1 is 1.29 bits per heavy atom. The predicted molar refractivity (Wildman–Crippen MR) is 114 cm³/mol. The number of ether oxygens (including phenoxy) is 1. The third kappa shape index (κ3) is 5.26. The first-order valence-corrected chi connectivity index (χ1v) is 12.8. The fourth-order valence-corrected chi connectivity index (χ4v) is 5.14. The summed E-state index contributed by atoms with van der Waals surface area (Å²) in [4.78, 5) is 6.40. The quantitative estimate of drug-likeness (QED) is 0.603. The molecule has 170 valence electrons. The number of hydrogen-bond donors (Lipinski definition) is 0. The van der Waals surface area contributed by atoms with E-state index >= 15 is 0 Å². The first-order valence-electron chi connectivity index (χ1n) is 10.9. The summed E-state index contributed by atoms with van der Waals surface area (Å²) in [7, 11) is -3.55. The van der Waals surface area contributed by atoms with E-state index in [1.165, 1.54) is 18.6 Å². The number of sulfone groups is 1. The fraction of sp³-hybridized carbons (Fsp3) is 0.636. The minimum atomic E-state index is -3.55. The Bertz CT molecular complexity index is 1020. The summed E-state index contributed by atoms with van der Waals surface area (Å²) in [5.74, 6) is 2.21. The number of nitrogens with zero attached hydrogens (tertiary/aromatic N) is 3. The maximum atomic E-state index is 14.0. The molecule has 1 aliphatic heterocycles. The van der Waals surface area contributed by atoms with Crippen molar-refractivity contribution in [1.29, 1.82) is 0 Å². The molecule has 1 saturated carbocycles. The predicted octanol–water partition coefficient (Wildman–Crippen LogP) is 3.80. The Morgan fingerprint density at radius 3 is 2.65 bits per heavy atom. The Balaban J connectivity index is 1.20. The summed E-state index contributed by atoms with van der Waals surface area (Å²) in [5, 5.41) is 4.05. The van der Waals surface area contributed by atoms with Crippen LogP contribution in [0.4, 0.5) is 10.4 Å². The van der Waals surface area contributed by atoms with Gasteiger partial charge in [-0.3, -0.25) is 0 Å². The van der Waals surface area contributed by atoms with Gasteiger partial charge >= 0.3 is 6.01 Å². The number of halogens is 1. The third-order valence-electron chi connectivity index (χ3n) is 6.34. The maximum absolute atomic E-state index is 14.0. The molecule has 31 heavy (non-hydrogen) atoms. The van der Waals surface area contributed by atoms with E-state index in [0.29, 0.717) is 35.9 Å². The van der Waals surface area contributed by atoms with E-state index in [2.05, 4.69) is 28.9 Å². The molecule has 2 atom stereocenters. The van der Waals surface area contributed by atoms with Gasteiger partial charge in [-0.15, -0.1) is 0 Å². The lowest BCUT2D eigenvalue weighted by atomic mass is 9.91. The van der Waals surface area contributed by atoms with E-state index in [4.69, 9.17) is 9.26 Å². The molecule has 9 heteroatoms. The average molecular weight is 452 g/mol. The molecule has 0 bridgehead atoms. The van der Waals surface area contributed by atoms with Crippen LogP contribution in [0.1, 0.15) is 50.4 Å². The number of benzene rings is 1. The minimum Gasteiger partial charge on any atom is -0.376 e. The SMILES string of the molecule is CC(C)c1noc(N2CCC([C@H]3C[C@H]3COCc3ccc(S(C)(=O)=O)c(F)c3)CC2)n1. The van der Waals surface area contributed by atoms with Crippen LogP contribution in [-0.2, 0) is 21.2 Å². The Hall–Kier alpha value is -2.00. The molecule has 0 amide bonds. The lowest BCUT2D eigenvalue weighted by molar-refractivity contribution is 0.104. The number of anilines is 1. The van der Waals surface area contributed by atoms with E-state index in [1.807, 2.05) is 0 Å². The van der Waals surface area contributed by atoms with Crippen LogP contribution < -0.4 is 4.90 Å². The molecule has 1 aromatic carbocycles. The molecule has 1 aliphatic carbocycles. The zero-order valence-electron chi connectivity index (χ0n) is 18.3. The van der Waals surface area contributed by atoms with E-state index in [-0.39, 0.29) is 17.4 Å². The molecule has 0 N–H and O–H groups in total. The van der Waals surface area contributed by atoms with Gasteiger partial charge in [-0.05, 0) is 54.7 Å². The molecule has 1 aromatic heterocycles. The monoisotopic (exact) mass is 451 g/mol. The molecule has 2 heterocycles. The summed E-state index contributed by atoms with van der Waals surface area (Å²) in [5.41, 5.74) is 0.649. The highest BCUT2D eigenvalue weighted by Crippen LogP contribution is 2.48. The van der Waals surface area contributed by atoms with Crippen molar-refractivity contribution in [2.75, 3.05) is 30.9 Å². The van der Waals surface area contributed by atoms with Crippen molar-refractivity contribution in [2.24, 2.45) is 17.8 Å². The van der Waals surface area contributed by atoms with Crippen LogP contribution >= 0.6 is 0 Å². The third-order valence-corrected chi connectivity index (χ3v) is 7.47. The van der Waals surface area contributed by atoms with E-state index in [0.717, 1.165) is 38.0 Å². The topological polar surface area (TPSA) is 85.5 Å². The van der Waals surface area contributed by atoms with Crippen LogP contribution in [0.15, 0.2) is 27.6 Å². The average Bonchev–Trinajstić information content (AvgIpc) is 3.30. The highest BCUT2D eigenvalue weighted by atomic mass is 32.2. The highest BCUT2D eigenvalue weighted by molar-refractivity contribution is 7.90. The summed E-state index contributed by atoms with van der Waals surface area (Å²) in [6, 6.07) is 4.80. The van der Waals surface area contributed by atoms with Crippen molar-refractivity contribution in [3.63, 3.8) is 0 Å². The van der Waals surface area contributed by atoms with E-state index in [9.17, 15) is 12.8 Å². The molecule has 2 fully saturated rings. The van der Waals surface area contributed by atoms with Crippen molar-refractivity contribution in [3.05, 3.63) is 35.4 Å². The maximum Gasteiger partial charge on any atom is 0.324 e. The van der Waals surface area contributed by atoms with Gasteiger partial charge in [0.1, 0.15) is 10.7 Å². The van der Waals surface area contributed by atoms with Crippen LogP contribution in [0.5, 0.6) is 0 Å². The second kappa shape index (κ2) is 8.86. The number of piperidine rings is 1. The van der Waals surface area contributed by atoms with Gasteiger partial charge in [0, 0.05) is 25.3 Å². The van der Waals surface area contributed by atoms with Crippen LogP contribution in [0, 0.1) is 23.6 Å². The van der Waals surface area contributed by atoms with Gasteiger partial charge in [-0.2, -0.15) is 4.98 Å². The molecule has 1 saturated heterocycles. The molecule has 2 aromatic rings. The molecule has 4 rings (SSSR count). The zero-order chi connectivity index (χ0) is 22.2. The molecule has 7 nitrogen and oxygen atoms in total. The lowest BCUT2D eigenvalue weighted by Gasteiger charge is -2.30. The standard InChI is InChI=1S/C22H30FN3O4S/c1-14(2)21-24-22(30-25-21)26-8-6-16(7-9-26)18-11-17(18)13-29-12-15-4-5-20(19(23)10-15)31(3,27)28/h4-5,10,14,16-18H,6-9,11-13H2,1-3H3/t17-,18+/m0/s1. The largest absolute Gasteiger partial charge is 0.376 e. The van der Waals surface area contributed by atoms with Gasteiger partial charge < -0.3 is 14.2 Å². The Labute approximate surface area is 182 Å². The molecular formula is C22H30FN3O4S. The first kappa shape index (κ1) is 22.2. The lowest BCUT2D eigenvalue weighted by Crippen LogP contribution is -2.34. The molecule has 0 unspecified atom stereocenters. The van der Waals surface area contributed by atoms with Gasteiger partial charge in [0.2, 0.25) is 0 Å². The van der Waals surface area contributed by atoms with Gasteiger partial charge in [0.25, 0.3) is 0 Å². The minimum absolute atomic E-state index is 0.261. The van der Waals surface area contributed by atoms with Crippen LogP contribution in [0.25, 0.3) is 0 Å². The van der Waals surface area contributed by atoms with Gasteiger partial charge in [0.05, 0.1) is 13.2 Å². The van der Waals surface area contributed by atoms with Gasteiger partial charge in [-0.25, -0.2) is 12.8 Å². The summed E-state index contributed by atoms with van der Waals surface area (Å²) in [6.45, 7) is 6.91. The van der Waals surface area contributed by atoms with Crippen LogP contribution in [0.3, 0.4) is 0 Å². The summed E-state index contributed by atoms with van der Waals surface area (Å²) >= 11 is 0. The molecule has 0 radical (unpaired) electrons. The van der Waals surface area contributed by atoms with Gasteiger partial charge in [-0.1, -0.05) is 25.1 Å². The van der Waals surface area contributed by atoms with Gasteiger partial charge in [0.15, 0.2) is 15.7 Å². The molecular weight excluding hydrogens is 421 g/mol. The van der Waals surface area contributed by atoms with Crippen molar-refractivity contribution in [1.82, 2.24) is 10.1 Å². The van der Waals surface area contributed by atoms with Crippen LogP contribution in [0.2, 0.25) is 0 Å². The molecule has 0 spiro atoms. The van der Waals surface area contributed by atoms with Crippen molar-refractivity contribution in [2.45, 2.75) is 50.5 Å². The number of hydrogen-bond acceptors (Lipinski definition) is 7. The summed E-state index contributed by atoms with van der Waals surface area (Å²) < 4.78 is 48.2. The zero-order valence-corrected chi connectivity index (χ0v) is 19.1. The normalized spacial score (nSPS) is 22.3. The number of rotatable bonds is 8. The van der Waals surface area contributed by atoms with E-state index < -0.39 is 15.7 Å². The Morgan fingerprint density at radius 2 is 2.03 bits per heavy atom. The van der Waals surface area contributed by atoms with Crippen molar-refractivity contribution >= 4 is 15.9 Å². The van der Waals surface area contributed by atoms with E-state index in [1.54, 1.807) is 6.07 Å².